The Morgan fingerprint density at radius 1 is 1.11 bits per heavy atom. The molecule has 1 amide bonds. The molecule has 2 aromatic carbocycles. The van der Waals surface area contributed by atoms with Gasteiger partial charge < -0.3 is 5.11 Å². The summed E-state index contributed by atoms with van der Waals surface area (Å²) in [5.41, 5.74) is 0.891. The lowest BCUT2D eigenvalue weighted by molar-refractivity contribution is -0.117. The second-order valence-electron chi connectivity index (χ2n) is 7.55. The van der Waals surface area contributed by atoms with Crippen LogP contribution in [0.5, 0.6) is 0 Å². The number of nitrogens with zero attached hydrogens (tertiary/aromatic N) is 3. The first-order chi connectivity index (χ1) is 17.3. The highest BCUT2D eigenvalue weighted by molar-refractivity contribution is 8.00. The predicted octanol–water partition coefficient (Wildman–Crippen LogP) is 7.12. The molecule has 3 heterocycles. The lowest BCUT2D eigenvalue weighted by Gasteiger charge is -2.24. The third-order valence-corrected chi connectivity index (χ3v) is 9.08. The Labute approximate surface area is 227 Å². The summed E-state index contributed by atoms with van der Waals surface area (Å²) in [7, 11) is 0. The first-order valence-corrected chi connectivity index (χ1v) is 13.8. The SMILES string of the molecule is O=C(C1=C(O)C(=O)N(c2nnc(SCc3ccccc3F)s2)C1c1ccc(Cl)c(Cl)c1)c1cccs1. The van der Waals surface area contributed by atoms with Crippen LogP contribution >= 0.6 is 57.6 Å². The number of thioether (sulfide) groups is 1. The van der Waals surface area contributed by atoms with E-state index in [4.69, 9.17) is 23.2 Å². The van der Waals surface area contributed by atoms with E-state index in [2.05, 4.69) is 10.2 Å². The zero-order valence-electron chi connectivity index (χ0n) is 18.0. The summed E-state index contributed by atoms with van der Waals surface area (Å²) in [5, 5.41) is 21.5. The number of hydrogen-bond acceptors (Lipinski definition) is 8. The molecular weight excluding hydrogens is 564 g/mol. The fourth-order valence-electron chi connectivity index (χ4n) is 3.69. The Morgan fingerprint density at radius 3 is 2.64 bits per heavy atom. The molecule has 4 aromatic rings. The molecule has 1 aliphatic rings. The average molecular weight is 578 g/mol. The molecular formula is C24H14Cl2FN3O3S3. The maximum Gasteiger partial charge on any atom is 0.296 e. The van der Waals surface area contributed by atoms with Crippen molar-refractivity contribution in [3.63, 3.8) is 0 Å². The zero-order chi connectivity index (χ0) is 25.4. The van der Waals surface area contributed by atoms with Crippen molar-refractivity contribution in [2.24, 2.45) is 0 Å². The number of anilines is 1. The van der Waals surface area contributed by atoms with Gasteiger partial charge in [0.25, 0.3) is 5.91 Å². The first kappa shape index (κ1) is 24.9. The lowest BCUT2D eigenvalue weighted by atomic mass is 9.95. The van der Waals surface area contributed by atoms with Crippen molar-refractivity contribution in [2.45, 2.75) is 16.1 Å². The van der Waals surface area contributed by atoms with Gasteiger partial charge in [-0.25, -0.2) is 4.39 Å². The molecule has 0 bridgehead atoms. The van der Waals surface area contributed by atoms with Crippen LogP contribution in [0.4, 0.5) is 9.52 Å². The van der Waals surface area contributed by atoms with Crippen molar-refractivity contribution >= 4 is 74.5 Å². The quantitative estimate of drug-likeness (QED) is 0.143. The van der Waals surface area contributed by atoms with E-state index in [0.717, 1.165) is 11.3 Å². The minimum absolute atomic E-state index is 0.0865. The van der Waals surface area contributed by atoms with Gasteiger partial charge in [-0.3, -0.25) is 14.5 Å². The number of aliphatic hydroxyl groups is 1. The van der Waals surface area contributed by atoms with Gasteiger partial charge >= 0.3 is 0 Å². The Kier molecular flexibility index (Phi) is 7.14. The van der Waals surface area contributed by atoms with Crippen LogP contribution in [0.2, 0.25) is 10.0 Å². The van der Waals surface area contributed by atoms with Crippen molar-refractivity contribution < 1.29 is 19.1 Å². The molecule has 182 valence electrons. The number of carbonyl (C=O) groups excluding carboxylic acids is 2. The molecule has 0 aliphatic carbocycles. The molecule has 0 spiro atoms. The average Bonchev–Trinajstić information content (AvgIpc) is 3.61. The van der Waals surface area contributed by atoms with E-state index >= 15 is 0 Å². The van der Waals surface area contributed by atoms with Crippen molar-refractivity contribution in [1.82, 2.24) is 10.2 Å². The van der Waals surface area contributed by atoms with Crippen LogP contribution in [0.1, 0.15) is 26.8 Å². The van der Waals surface area contributed by atoms with Gasteiger partial charge in [0.05, 0.1) is 26.5 Å². The summed E-state index contributed by atoms with van der Waals surface area (Å²) in [5.74, 6) is -1.94. The summed E-state index contributed by atoms with van der Waals surface area (Å²) in [6.07, 6.45) is 0. The van der Waals surface area contributed by atoms with Crippen LogP contribution in [0.3, 0.4) is 0 Å². The Bertz CT molecular complexity index is 1510. The summed E-state index contributed by atoms with van der Waals surface area (Å²) in [6, 6.07) is 13.5. The van der Waals surface area contributed by atoms with Gasteiger partial charge in [-0.1, -0.05) is 76.6 Å². The molecule has 2 aromatic heterocycles. The largest absolute Gasteiger partial charge is 0.503 e. The van der Waals surface area contributed by atoms with Gasteiger partial charge in [-0.05, 0) is 40.8 Å². The topological polar surface area (TPSA) is 83.4 Å². The molecule has 1 atom stereocenters. The van der Waals surface area contributed by atoms with E-state index in [0.29, 0.717) is 31.1 Å². The van der Waals surface area contributed by atoms with Crippen LogP contribution in [-0.2, 0) is 10.5 Å². The molecule has 0 fully saturated rings. The van der Waals surface area contributed by atoms with E-state index in [1.165, 1.54) is 34.1 Å². The minimum atomic E-state index is -1.00. The van der Waals surface area contributed by atoms with Crippen molar-refractivity contribution in [3.8, 4) is 0 Å². The van der Waals surface area contributed by atoms with Gasteiger partial charge in [-0.15, -0.1) is 21.5 Å². The minimum Gasteiger partial charge on any atom is -0.503 e. The van der Waals surface area contributed by atoms with Crippen LogP contribution in [-0.4, -0.2) is 27.0 Å². The van der Waals surface area contributed by atoms with E-state index in [1.807, 2.05) is 0 Å². The smallest absolute Gasteiger partial charge is 0.296 e. The van der Waals surface area contributed by atoms with Gasteiger partial charge in [-0.2, -0.15) is 0 Å². The number of rotatable bonds is 7. The van der Waals surface area contributed by atoms with Crippen LogP contribution in [0.15, 0.2) is 75.6 Å². The molecule has 1 N–H and O–H groups in total. The van der Waals surface area contributed by atoms with Gasteiger partial charge in [0.15, 0.2) is 10.1 Å². The number of amides is 1. The molecule has 0 radical (unpaired) electrons. The number of halogens is 3. The molecule has 12 heteroatoms. The monoisotopic (exact) mass is 577 g/mol. The Hall–Kier alpha value is -2.76. The molecule has 0 saturated carbocycles. The van der Waals surface area contributed by atoms with Crippen LogP contribution < -0.4 is 4.90 Å². The van der Waals surface area contributed by atoms with Gasteiger partial charge in [0.1, 0.15) is 5.82 Å². The van der Waals surface area contributed by atoms with E-state index in [9.17, 15) is 19.1 Å². The maximum absolute atomic E-state index is 14.0. The number of aliphatic hydroxyl groups excluding tert-OH is 1. The summed E-state index contributed by atoms with van der Waals surface area (Å²) < 4.78 is 14.5. The number of ketones is 1. The van der Waals surface area contributed by atoms with E-state index in [1.54, 1.807) is 53.9 Å². The van der Waals surface area contributed by atoms with Crippen molar-refractivity contribution in [1.29, 1.82) is 0 Å². The fraction of sp³-hybridized carbons (Fsp3) is 0.0833. The van der Waals surface area contributed by atoms with Crippen molar-refractivity contribution in [3.05, 3.63) is 103 Å². The molecule has 1 unspecified atom stereocenters. The first-order valence-electron chi connectivity index (χ1n) is 10.3. The maximum atomic E-state index is 14.0. The van der Waals surface area contributed by atoms with E-state index < -0.39 is 23.5 Å². The number of carbonyl (C=O) groups is 2. The number of hydrogen-bond donors (Lipinski definition) is 1. The highest BCUT2D eigenvalue weighted by Gasteiger charge is 2.46. The summed E-state index contributed by atoms with van der Waals surface area (Å²) >= 11 is 15.9. The number of thiophene rings is 1. The lowest BCUT2D eigenvalue weighted by Crippen LogP contribution is -2.31. The third-order valence-electron chi connectivity index (χ3n) is 5.37. The zero-order valence-corrected chi connectivity index (χ0v) is 22.0. The Balaban J connectivity index is 1.51. The molecule has 5 rings (SSSR count). The van der Waals surface area contributed by atoms with Gasteiger partial charge in [0.2, 0.25) is 10.9 Å². The van der Waals surface area contributed by atoms with Crippen molar-refractivity contribution in [2.75, 3.05) is 4.90 Å². The van der Waals surface area contributed by atoms with Crippen LogP contribution in [0, 0.1) is 5.82 Å². The van der Waals surface area contributed by atoms with E-state index in [-0.39, 0.29) is 21.5 Å². The van der Waals surface area contributed by atoms with Gasteiger partial charge in [0, 0.05) is 5.75 Å². The number of Topliss-reactive ketones (excluding diaryl/α,β-unsaturated/α-hetero) is 1. The van der Waals surface area contributed by atoms with Crippen LogP contribution in [0.25, 0.3) is 0 Å². The standard InChI is InChI=1S/C24H14Cl2FN3O3S3/c25-14-8-7-12(10-15(14)26)19-18(20(31)17-6-3-9-34-17)21(32)22(33)30(19)23-28-29-24(36-23)35-11-13-4-1-2-5-16(13)27/h1-10,19,32H,11H2. The third kappa shape index (κ3) is 4.67. The Morgan fingerprint density at radius 2 is 1.92 bits per heavy atom. The second-order valence-corrected chi connectivity index (χ2v) is 11.5. The normalized spacial score (nSPS) is 15.7. The summed E-state index contributed by atoms with van der Waals surface area (Å²) in [4.78, 5) is 28.2. The second kappa shape index (κ2) is 10.3. The number of benzene rings is 2. The molecule has 6 nitrogen and oxygen atoms in total. The molecule has 1 aliphatic heterocycles. The molecule has 36 heavy (non-hydrogen) atoms. The number of aromatic nitrogens is 2. The predicted molar refractivity (Wildman–Crippen MR) is 141 cm³/mol. The highest BCUT2D eigenvalue weighted by Crippen LogP contribution is 2.45. The highest BCUT2D eigenvalue weighted by atomic mass is 35.5. The fourth-order valence-corrected chi connectivity index (χ4v) is 6.52. The summed E-state index contributed by atoms with van der Waals surface area (Å²) in [6.45, 7) is 0. The molecule has 0 saturated heterocycles.